The Balaban J connectivity index is 4.24. The molecule has 1 N–H and O–H groups in total. The zero-order valence-electron chi connectivity index (χ0n) is 14.5. The average molecular weight is 302 g/mol. The van der Waals surface area contributed by atoms with E-state index in [0.29, 0.717) is 0 Å². The van der Waals surface area contributed by atoms with Crippen LogP contribution >= 0.6 is 0 Å². The van der Waals surface area contributed by atoms with Crippen LogP contribution in [0.25, 0.3) is 0 Å². The van der Waals surface area contributed by atoms with E-state index < -0.39 is 5.54 Å². The molecule has 126 valence electrons. The summed E-state index contributed by atoms with van der Waals surface area (Å²) in [7, 11) is 1.45. The summed E-state index contributed by atoms with van der Waals surface area (Å²) < 4.78 is 10.3. The minimum absolute atomic E-state index is 0.173. The highest BCUT2D eigenvalue weighted by Crippen LogP contribution is 2.15. The maximum absolute atomic E-state index is 12.0. The first-order valence-corrected chi connectivity index (χ1v) is 8.17. The molecule has 21 heavy (non-hydrogen) atoms. The van der Waals surface area contributed by atoms with Crippen LogP contribution in [0.5, 0.6) is 0 Å². The number of likely N-dealkylation sites (N-methyl/N-ethyl adjacent to an activating group) is 1. The summed E-state index contributed by atoms with van der Waals surface area (Å²) in [6, 6.07) is 0. The summed E-state index contributed by atoms with van der Waals surface area (Å²) in [6.07, 6.45) is 2.75. The number of ether oxygens (including phenoxy) is 2. The highest BCUT2D eigenvalue weighted by atomic mass is 16.5. The molecule has 0 fully saturated rings. The van der Waals surface area contributed by atoms with Crippen molar-refractivity contribution in [3.63, 3.8) is 0 Å². The van der Waals surface area contributed by atoms with E-state index >= 15 is 0 Å². The van der Waals surface area contributed by atoms with Crippen LogP contribution < -0.4 is 5.32 Å². The summed E-state index contributed by atoms with van der Waals surface area (Å²) in [5, 5.41) is 3.32. The van der Waals surface area contributed by atoms with Gasteiger partial charge in [-0.25, -0.2) is 0 Å². The minimum Gasteiger partial charge on any atom is -0.468 e. The van der Waals surface area contributed by atoms with Gasteiger partial charge in [-0.15, -0.1) is 0 Å². The third kappa shape index (κ3) is 8.39. The maximum atomic E-state index is 12.0. The zero-order valence-corrected chi connectivity index (χ0v) is 14.5. The Labute approximate surface area is 130 Å². The second kappa shape index (κ2) is 12.0. The molecule has 0 spiro atoms. The Hall–Kier alpha value is -0.650. The summed E-state index contributed by atoms with van der Waals surface area (Å²) in [5.74, 6) is -0.173. The summed E-state index contributed by atoms with van der Waals surface area (Å²) in [4.78, 5) is 14.3. The van der Waals surface area contributed by atoms with Gasteiger partial charge in [0.15, 0.2) is 0 Å². The van der Waals surface area contributed by atoms with Crippen molar-refractivity contribution in [2.24, 2.45) is 0 Å². The van der Waals surface area contributed by atoms with Crippen molar-refractivity contribution in [3.05, 3.63) is 0 Å². The number of carbonyl (C=O) groups excluding carboxylic acids is 1. The van der Waals surface area contributed by atoms with E-state index in [1.165, 1.54) is 7.11 Å². The molecular weight excluding hydrogens is 268 g/mol. The molecule has 0 saturated carbocycles. The molecular formula is C16H34N2O3. The predicted molar refractivity (Wildman–Crippen MR) is 86.6 cm³/mol. The van der Waals surface area contributed by atoms with Crippen LogP contribution in [0.4, 0.5) is 0 Å². The largest absolute Gasteiger partial charge is 0.468 e. The van der Waals surface area contributed by atoms with Gasteiger partial charge in [-0.2, -0.15) is 0 Å². The molecule has 0 bridgehead atoms. The van der Waals surface area contributed by atoms with Gasteiger partial charge in [-0.1, -0.05) is 13.8 Å². The Morgan fingerprint density at radius 3 is 2.48 bits per heavy atom. The van der Waals surface area contributed by atoms with Gasteiger partial charge in [0.1, 0.15) is 5.54 Å². The van der Waals surface area contributed by atoms with Crippen molar-refractivity contribution in [2.75, 3.05) is 46.5 Å². The fourth-order valence-electron chi connectivity index (χ4n) is 2.31. The van der Waals surface area contributed by atoms with Crippen LogP contribution in [0.3, 0.4) is 0 Å². The van der Waals surface area contributed by atoms with Gasteiger partial charge < -0.3 is 19.7 Å². The monoisotopic (exact) mass is 302 g/mol. The zero-order chi connectivity index (χ0) is 16.1. The van der Waals surface area contributed by atoms with E-state index in [1.54, 1.807) is 0 Å². The Morgan fingerprint density at radius 2 is 1.95 bits per heavy atom. The van der Waals surface area contributed by atoms with Gasteiger partial charge in [0.25, 0.3) is 0 Å². The van der Waals surface area contributed by atoms with E-state index in [9.17, 15) is 4.79 Å². The Morgan fingerprint density at radius 1 is 1.24 bits per heavy atom. The second-order valence-electron chi connectivity index (χ2n) is 5.49. The Bertz CT molecular complexity index is 274. The van der Waals surface area contributed by atoms with Crippen molar-refractivity contribution < 1.29 is 14.3 Å². The van der Waals surface area contributed by atoms with E-state index in [1.807, 2.05) is 13.8 Å². The molecule has 0 rings (SSSR count). The fourth-order valence-corrected chi connectivity index (χ4v) is 2.31. The van der Waals surface area contributed by atoms with Crippen LogP contribution in [0.15, 0.2) is 0 Å². The standard InChI is InChI=1S/C16H34N2O3/c1-6-11-17-16(4,15(19)20-5)10-9-12-18(7-2)13-14-21-8-3/h17H,6-14H2,1-5H3. The molecule has 1 atom stereocenters. The van der Waals surface area contributed by atoms with Gasteiger partial charge in [-0.3, -0.25) is 4.79 Å². The van der Waals surface area contributed by atoms with Crippen LogP contribution in [0.2, 0.25) is 0 Å². The van der Waals surface area contributed by atoms with Crippen LogP contribution in [0.1, 0.15) is 47.0 Å². The van der Waals surface area contributed by atoms with Crippen LogP contribution in [-0.4, -0.2) is 62.9 Å². The number of nitrogens with zero attached hydrogens (tertiary/aromatic N) is 1. The van der Waals surface area contributed by atoms with Gasteiger partial charge in [-0.05, 0) is 52.7 Å². The van der Waals surface area contributed by atoms with E-state index in [4.69, 9.17) is 9.47 Å². The number of hydrogen-bond donors (Lipinski definition) is 1. The van der Waals surface area contributed by atoms with Gasteiger partial charge in [0.2, 0.25) is 0 Å². The third-order valence-electron chi connectivity index (χ3n) is 3.76. The lowest BCUT2D eigenvalue weighted by molar-refractivity contribution is -0.148. The first-order chi connectivity index (χ1) is 10.0. The van der Waals surface area contributed by atoms with Crippen LogP contribution in [0, 0.1) is 0 Å². The van der Waals surface area contributed by atoms with Crippen molar-refractivity contribution in [3.8, 4) is 0 Å². The minimum atomic E-state index is -0.579. The molecule has 1 unspecified atom stereocenters. The topological polar surface area (TPSA) is 50.8 Å². The predicted octanol–water partition coefficient (Wildman–Crippen LogP) is 2.06. The third-order valence-corrected chi connectivity index (χ3v) is 3.76. The number of nitrogens with one attached hydrogen (secondary N) is 1. The molecule has 5 heteroatoms. The molecule has 0 amide bonds. The maximum Gasteiger partial charge on any atom is 0.325 e. The highest BCUT2D eigenvalue weighted by Gasteiger charge is 2.32. The van der Waals surface area contributed by atoms with Gasteiger partial charge in [0, 0.05) is 13.2 Å². The second-order valence-corrected chi connectivity index (χ2v) is 5.49. The lowest BCUT2D eigenvalue weighted by Gasteiger charge is -2.29. The summed E-state index contributed by atoms with van der Waals surface area (Å²) in [6.45, 7) is 13.5. The number of esters is 1. The smallest absolute Gasteiger partial charge is 0.325 e. The molecule has 0 aromatic rings. The van der Waals surface area contributed by atoms with Gasteiger partial charge in [0.05, 0.1) is 13.7 Å². The first kappa shape index (κ1) is 20.3. The lowest BCUT2D eigenvalue weighted by Crippen LogP contribution is -2.50. The summed E-state index contributed by atoms with van der Waals surface area (Å²) >= 11 is 0. The molecule has 0 aromatic heterocycles. The van der Waals surface area contributed by atoms with E-state index in [-0.39, 0.29) is 5.97 Å². The normalized spacial score (nSPS) is 14.2. The quantitative estimate of drug-likeness (QED) is 0.417. The van der Waals surface area contributed by atoms with Crippen LogP contribution in [-0.2, 0) is 14.3 Å². The van der Waals surface area contributed by atoms with E-state index in [2.05, 4.69) is 24.1 Å². The Kier molecular flexibility index (Phi) is 11.6. The van der Waals surface area contributed by atoms with Crippen molar-refractivity contribution in [2.45, 2.75) is 52.5 Å². The average Bonchev–Trinajstić information content (AvgIpc) is 2.50. The van der Waals surface area contributed by atoms with E-state index in [0.717, 1.165) is 58.7 Å². The lowest BCUT2D eigenvalue weighted by atomic mass is 9.95. The molecule has 0 aliphatic heterocycles. The summed E-state index contributed by atoms with van der Waals surface area (Å²) in [5.41, 5.74) is -0.579. The molecule has 0 saturated heterocycles. The molecule has 0 radical (unpaired) electrons. The number of methoxy groups -OCH3 is 1. The molecule has 5 nitrogen and oxygen atoms in total. The SMILES string of the molecule is CCCNC(C)(CCCN(CC)CCOCC)C(=O)OC. The molecule has 0 heterocycles. The number of rotatable bonds is 13. The number of hydrogen-bond acceptors (Lipinski definition) is 5. The molecule has 0 aromatic carbocycles. The fraction of sp³-hybridized carbons (Fsp3) is 0.938. The van der Waals surface area contributed by atoms with Gasteiger partial charge >= 0.3 is 5.97 Å². The first-order valence-electron chi connectivity index (χ1n) is 8.17. The van der Waals surface area contributed by atoms with Crippen molar-refractivity contribution >= 4 is 5.97 Å². The van der Waals surface area contributed by atoms with Crippen molar-refractivity contribution in [1.29, 1.82) is 0 Å². The molecule has 0 aliphatic carbocycles. The number of carbonyl (C=O) groups is 1. The molecule has 0 aliphatic rings. The van der Waals surface area contributed by atoms with Crippen molar-refractivity contribution in [1.82, 2.24) is 10.2 Å². The highest BCUT2D eigenvalue weighted by molar-refractivity contribution is 5.80.